The second-order valence-electron chi connectivity index (χ2n) is 6.13. The molecular weight excluding hydrogens is 278 g/mol. The van der Waals surface area contributed by atoms with Crippen molar-refractivity contribution >= 4 is 22.2 Å². The number of rotatable bonds is 6. The molecule has 0 bridgehead atoms. The van der Waals surface area contributed by atoms with Crippen molar-refractivity contribution in [1.29, 1.82) is 0 Å². The van der Waals surface area contributed by atoms with Gasteiger partial charge in [-0.2, -0.15) is 0 Å². The van der Waals surface area contributed by atoms with Crippen LogP contribution in [0.15, 0.2) is 30.3 Å². The maximum atomic E-state index is 4.95. The van der Waals surface area contributed by atoms with E-state index in [1.165, 1.54) is 41.9 Å². The van der Waals surface area contributed by atoms with E-state index in [0.717, 1.165) is 23.6 Å². The summed E-state index contributed by atoms with van der Waals surface area (Å²) in [7, 11) is 2.11. The molecule has 4 rings (SSSR count). The minimum Gasteiger partial charge on any atom is -0.321 e. The maximum Gasteiger partial charge on any atom is 0.190 e. The molecule has 21 heavy (non-hydrogen) atoms. The highest BCUT2D eigenvalue weighted by atomic mass is 32.1. The van der Waals surface area contributed by atoms with Crippen molar-refractivity contribution in [2.75, 3.05) is 11.9 Å². The minimum atomic E-state index is 0.718. The van der Waals surface area contributed by atoms with E-state index in [0.29, 0.717) is 0 Å². The first-order chi connectivity index (χ1) is 10.3. The molecule has 2 fully saturated rings. The fourth-order valence-electron chi connectivity index (χ4n) is 2.58. The molecule has 1 aromatic carbocycles. The summed E-state index contributed by atoms with van der Waals surface area (Å²) in [6.45, 7) is 0.997. The number of hydrogen-bond acceptors (Lipinski definition) is 4. The Balaban J connectivity index is 1.58. The van der Waals surface area contributed by atoms with Crippen LogP contribution in [0.1, 0.15) is 42.2 Å². The molecule has 0 unspecified atom stereocenters. The highest BCUT2D eigenvalue weighted by molar-refractivity contribution is 7.15. The fraction of sp³-hybridized carbons (Fsp3) is 0.471. The summed E-state index contributed by atoms with van der Waals surface area (Å²) in [5.74, 6) is 0.718. The number of benzene rings is 1. The molecule has 0 saturated heterocycles. The number of thiazole rings is 1. The van der Waals surface area contributed by atoms with Crippen molar-refractivity contribution in [3.8, 4) is 0 Å². The zero-order valence-corrected chi connectivity index (χ0v) is 13.2. The van der Waals surface area contributed by atoms with Gasteiger partial charge in [0.25, 0.3) is 0 Å². The molecule has 1 heterocycles. The number of hydrogen-bond donors (Lipinski definition) is 1. The summed E-state index contributed by atoms with van der Waals surface area (Å²) >= 11 is 1.85. The van der Waals surface area contributed by atoms with Crippen LogP contribution in [0.3, 0.4) is 0 Å². The van der Waals surface area contributed by atoms with Gasteiger partial charge >= 0.3 is 0 Å². The highest BCUT2D eigenvalue weighted by Gasteiger charge is 2.31. The Morgan fingerprint density at radius 3 is 2.62 bits per heavy atom. The van der Waals surface area contributed by atoms with Gasteiger partial charge in [0.05, 0.1) is 5.69 Å². The van der Waals surface area contributed by atoms with Crippen molar-refractivity contribution < 1.29 is 0 Å². The van der Waals surface area contributed by atoms with Crippen LogP contribution in [0.4, 0.5) is 10.8 Å². The van der Waals surface area contributed by atoms with Crippen LogP contribution in [0, 0.1) is 0 Å². The summed E-state index contributed by atoms with van der Waals surface area (Å²) in [5, 5.41) is 4.76. The molecule has 2 aliphatic carbocycles. The van der Waals surface area contributed by atoms with Gasteiger partial charge in [0, 0.05) is 36.1 Å². The Morgan fingerprint density at radius 1 is 1.19 bits per heavy atom. The number of aromatic nitrogens is 1. The van der Waals surface area contributed by atoms with Crippen molar-refractivity contribution in [1.82, 2.24) is 10.3 Å². The minimum absolute atomic E-state index is 0.718. The van der Waals surface area contributed by atoms with E-state index >= 15 is 0 Å². The van der Waals surface area contributed by atoms with E-state index in [1.54, 1.807) is 0 Å². The maximum absolute atomic E-state index is 4.95. The van der Waals surface area contributed by atoms with E-state index in [9.17, 15) is 0 Å². The predicted molar refractivity (Wildman–Crippen MR) is 88.5 cm³/mol. The first kappa shape index (κ1) is 13.3. The molecule has 0 atom stereocenters. The smallest absolute Gasteiger partial charge is 0.190 e. The van der Waals surface area contributed by atoms with Gasteiger partial charge in [-0.05, 0) is 37.8 Å². The second kappa shape index (κ2) is 5.43. The Morgan fingerprint density at radius 2 is 1.95 bits per heavy atom. The summed E-state index contributed by atoms with van der Waals surface area (Å²) in [6.07, 6.45) is 5.31. The van der Waals surface area contributed by atoms with E-state index < -0.39 is 0 Å². The van der Waals surface area contributed by atoms with Gasteiger partial charge in [0.1, 0.15) is 0 Å². The van der Waals surface area contributed by atoms with Crippen molar-refractivity contribution in [2.45, 2.75) is 44.2 Å². The molecular formula is C17H21N3S. The molecule has 4 heteroatoms. The second-order valence-corrected chi connectivity index (χ2v) is 7.19. The topological polar surface area (TPSA) is 28.2 Å². The Hall–Kier alpha value is -1.39. The fourth-order valence-corrected chi connectivity index (χ4v) is 3.66. The van der Waals surface area contributed by atoms with Crippen LogP contribution in [0.2, 0.25) is 0 Å². The number of nitrogens with one attached hydrogen (secondary N) is 1. The van der Waals surface area contributed by atoms with Gasteiger partial charge in [0.15, 0.2) is 5.13 Å². The molecule has 110 valence electrons. The lowest BCUT2D eigenvalue weighted by Crippen LogP contribution is -2.15. The third kappa shape index (κ3) is 2.97. The largest absolute Gasteiger partial charge is 0.321 e. The third-order valence-corrected chi connectivity index (χ3v) is 5.39. The summed E-state index contributed by atoms with van der Waals surface area (Å²) < 4.78 is 0. The molecule has 2 aromatic rings. The lowest BCUT2D eigenvalue weighted by Gasteiger charge is -2.15. The summed E-state index contributed by atoms with van der Waals surface area (Å²) in [6, 6.07) is 11.3. The van der Waals surface area contributed by atoms with Crippen LogP contribution in [-0.4, -0.2) is 18.1 Å². The molecule has 0 aliphatic heterocycles. The van der Waals surface area contributed by atoms with Crippen LogP contribution in [0.5, 0.6) is 0 Å². The van der Waals surface area contributed by atoms with E-state index in [2.05, 4.69) is 47.6 Å². The van der Waals surface area contributed by atoms with Crippen molar-refractivity contribution in [3.05, 3.63) is 40.9 Å². The molecule has 1 N–H and O–H groups in total. The molecule has 0 radical (unpaired) electrons. The summed E-state index contributed by atoms with van der Waals surface area (Å²) in [5.41, 5.74) is 2.56. The van der Waals surface area contributed by atoms with Gasteiger partial charge in [-0.1, -0.05) is 29.5 Å². The third-order valence-electron chi connectivity index (χ3n) is 4.24. The molecule has 1 aromatic heterocycles. The van der Waals surface area contributed by atoms with E-state index in [4.69, 9.17) is 4.98 Å². The molecule has 0 spiro atoms. The van der Waals surface area contributed by atoms with Crippen LogP contribution >= 0.6 is 11.3 Å². The molecule has 2 aliphatic rings. The van der Waals surface area contributed by atoms with Gasteiger partial charge in [-0.25, -0.2) is 4.98 Å². The lowest BCUT2D eigenvalue weighted by molar-refractivity contribution is 0.688. The average molecular weight is 299 g/mol. The standard InChI is InChI=1S/C17H21N3S/c1-20(14-5-3-2-4-6-14)17-19-16(12-7-8-12)15(21-17)11-18-13-9-10-13/h2-6,12-13,18H,7-11H2,1H3. The molecule has 2 saturated carbocycles. The van der Waals surface area contributed by atoms with E-state index in [1.807, 2.05) is 11.3 Å². The Bertz CT molecular complexity index is 614. The molecule has 0 amide bonds. The predicted octanol–water partition coefficient (Wildman–Crippen LogP) is 4.04. The van der Waals surface area contributed by atoms with Crippen LogP contribution in [0.25, 0.3) is 0 Å². The zero-order valence-electron chi connectivity index (χ0n) is 12.4. The normalized spacial score (nSPS) is 18.0. The van der Waals surface area contributed by atoms with Gasteiger partial charge < -0.3 is 10.2 Å². The molecule has 3 nitrogen and oxygen atoms in total. The van der Waals surface area contributed by atoms with Gasteiger partial charge in [-0.15, -0.1) is 0 Å². The first-order valence-electron chi connectivity index (χ1n) is 7.83. The summed E-state index contributed by atoms with van der Waals surface area (Å²) in [4.78, 5) is 8.60. The average Bonchev–Trinajstić information content (AvgIpc) is 3.44. The SMILES string of the molecule is CN(c1ccccc1)c1nc(C2CC2)c(CNC2CC2)s1. The lowest BCUT2D eigenvalue weighted by atomic mass is 10.2. The van der Waals surface area contributed by atoms with Crippen molar-refractivity contribution in [2.24, 2.45) is 0 Å². The number of anilines is 2. The van der Waals surface area contributed by atoms with Crippen LogP contribution in [-0.2, 0) is 6.54 Å². The number of para-hydroxylation sites is 1. The Labute approximate surface area is 130 Å². The zero-order chi connectivity index (χ0) is 14.2. The van der Waals surface area contributed by atoms with Gasteiger partial charge in [0.2, 0.25) is 0 Å². The highest BCUT2D eigenvalue weighted by Crippen LogP contribution is 2.44. The van der Waals surface area contributed by atoms with Gasteiger partial charge in [-0.3, -0.25) is 0 Å². The van der Waals surface area contributed by atoms with E-state index in [-0.39, 0.29) is 0 Å². The quantitative estimate of drug-likeness (QED) is 0.872. The van der Waals surface area contributed by atoms with Crippen LogP contribution < -0.4 is 10.2 Å². The monoisotopic (exact) mass is 299 g/mol. The van der Waals surface area contributed by atoms with Crippen molar-refractivity contribution in [3.63, 3.8) is 0 Å². The Kier molecular flexibility index (Phi) is 3.43. The first-order valence-corrected chi connectivity index (χ1v) is 8.64. The number of nitrogens with zero attached hydrogens (tertiary/aromatic N) is 2.